The van der Waals surface area contributed by atoms with Gasteiger partial charge in [0.15, 0.2) is 0 Å². The van der Waals surface area contributed by atoms with Crippen molar-refractivity contribution in [3.8, 4) is 0 Å². The van der Waals surface area contributed by atoms with E-state index in [9.17, 15) is 5.11 Å². The van der Waals surface area contributed by atoms with E-state index >= 15 is 0 Å². The number of hydrogen-bond donors (Lipinski definition) is 1. The molecule has 2 aliphatic heterocycles. The van der Waals surface area contributed by atoms with Gasteiger partial charge in [0, 0.05) is 52.1 Å². The predicted molar refractivity (Wildman–Crippen MR) is 94.8 cm³/mol. The number of likely N-dealkylation sites (tertiary alicyclic amines) is 1. The molecule has 0 amide bonds. The van der Waals surface area contributed by atoms with Gasteiger partial charge in [-0.15, -0.1) is 0 Å². The fourth-order valence-corrected chi connectivity index (χ4v) is 3.95. The molecule has 134 valence electrons. The van der Waals surface area contributed by atoms with Crippen molar-refractivity contribution < 1.29 is 9.84 Å². The van der Waals surface area contributed by atoms with E-state index in [4.69, 9.17) is 4.74 Å². The summed E-state index contributed by atoms with van der Waals surface area (Å²) in [7, 11) is 0. The minimum Gasteiger partial charge on any atom is -0.396 e. The predicted octanol–water partition coefficient (Wildman–Crippen LogP) is 1.41. The highest BCUT2D eigenvalue weighted by molar-refractivity contribution is 5.14. The molecule has 0 saturated carbocycles. The summed E-state index contributed by atoms with van der Waals surface area (Å²) in [5.41, 5.74) is 2.42. The first-order valence-electron chi connectivity index (χ1n) is 9.34. The summed E-state index contributed by atoms with van der Waals surface area (Å²) in [6, 6.07) is 4.33. The van der Waals surface area contributed by atoms with Crippen LogP contribution in [-0.2, 0) is 17.7 Å². The number of aromatic nitrogens is 1. The van der Waals surface area contributed by atoms with Crippen molar-refractivity contribution in [3.05, 3.63) is 29.6 Å². The highest BCUT2D eigenvalue weighted by Crippen LogP contribution is 2.24. The van der Waals surface area contributed by atoms with Gasteiger partial charge in [-0.3, -0.25) is 14.8 Å². The summed E-state index contributed by atoms with van der Waals surface area (Å²) in [4.78, 5) is 9.59. The number of hydrogen-bond acceptors (Lipinski definition) is 5. The average Bonchev–Trinajstić information content (AvgIpc) is 2.63. The highest BCUT2D eigenvalue weighted by Gasteiger charge is 2.28. The molecule has 5 heteroatoms. The van der Waals surface area contributed by atoms with E-state index in [2.05, 4.69) is 33.8 Å². The van der Waals surface area contributed by atoms with Gasteiger partial charge in [-0.25, -0.2) is 0 Å². The van der Waals surface area contributed by atoms with Crippen LogP contribution in [0.1, 0.15) is 24.6 Å². The smallest absolute Gasteiger partial charge is 0.0594 e. The van der Waals surface area contributed by atoms with Gasteiger partial charge in [0.2, 0.25) is 0 Å². The average molecular weight is 333 g/mol. The van der Waals surface area contributed by atoms with Crippen molar-refractivity contribution in [1.82, 2.24) is 14.8 Å². The Labute approximate surface area is 145 Å². The Balaban J connectivity index is 1.57. The van der Waals surface area contributed by atoms with Crippen molar-refractivity contribution in [3.63, 3.8) is 0 Å². The second kappa shape index (κ2) is 8.90. The van der Waals surface area contributed by atoms with Crippen LogP contribution >= 0.6 is 0 Å². The van der Waals surface area contributed by atoms with E-state index in [1.807, 2.05) is 6.20 Å². The monoisotopic (exact) mass is 333 g/mol. The van der Waals surface area contributed by atoms with Crippen LogP contribution in [0.25, 0.3) is 0 Å². The third kappa shape index (κ3) is 4.99. The second-order valence-corrected chi connectivity index (χ2v) is 7.27. The summed E-state index contributed by atoms with van der Waals surface area (Å²) < 4.78 is 5.45. The van der Waals surface area contributed by atoms with Crippen LogP contribution in [0, 0.1) is 11.8 Å². The first-order valence-corrected chi connectivity index (χ1v) is 9.34. The molecule has 1 aromatic rings. The number of rotatable bonds is 6. The molecule has 2 saturated heterocycles. The lowest BCUT2D eigenvalue weighted by Gasteiger charge is -2.39. The lowest BCUT2D eigenvalue weighted by atomic mass is 9.89. The third-order valence-corrected chi connectivity index (χ3v) is 5.26. The number of aryl methyl sites for hydroxylation is 1. The first kappa shape index (κ1) is 17.8. The SMILES string of the molecule is CCc1ccc(CN2C[C@@H](CO)C[C@@H](CN3CCOCC3)C2)nc1. The molecule has 2 atom stereocenters. The van der Waals surface area contributed by atoms with Crippen LogP contribution < -0.4 is 0 Å². The number of nitrogens with zero attached hydrogens (tertiary/aromatic N) is 3. The van der Waals surface area contributed by atoms with Crippen LogP contribution in [0.2, 0.25) is 0 Å². The number of morpholine rings is 1. The van der Waals surface area contributed by atoms with Crippen LogP contribution in [0.15, 0.2) is 18.3 Å². The molecule has 3 heterocycles. The zero-order chi connectivity index (χ0) is 16.8. The molecule has 0 aliphatic carbocycles. The Bertz CT molecular complexity index is 488. The van der Waals surface area contributed by atoms with Gasteiger partial charge >= 0.3 is 0 Å². The number of aliphatic hydroxyl groups is 1. The number of aliphatic hydroxyl groups excluding tert-OH is 1. The molecule has 1 N–H and O–H groups in total. The van der Waals surface area contributed by atoms with Crippen LogP contribution in [0.4, 0.5) is 0 Å². The second-order valence-electron chi connectivity index (χ2n) is 7.27. The lowest BCUT2D eigenvalue weighted by molar-refractivity contribution is 0.0116. The molecule has 24 heavy (non-hydrogen) atoms. The molecule has 2 fully saturated rings. The minimum absolute atomic E-state index is 0.290. The molecule has 3 rings (SSSR count). The van der Waals surface area contributed by atoms with Crippen LogP contribution in [0.3, 0.4) is 0 Å². The Morgan fingerprint density at radius 3 is 2.62 bits per heavy atom. The molecule has 0 radical (unpaired) electrons. The van der Waals surface area contributed by atoms with Gasteiger partial charge in [-0.2, -0.15) is 0 Å². The van der Waals surface area contributed by atoms with Gasteiger partial charge in [0.05, 0.1) is 18.9 Å². The number of pyridine rings is 1. The van der Waals surface area contributed by atoms with Crippen molar-refractivity contribution in [2.24, 2.45) is 11.8 Å². The van der Waals surface area contributed by atoms with E-state index in [0.29, 0.717) is 11.8 Å². The Hall–Kier alpha value is -1.01. The molecular weight excluding hydrogens is 302 g/mol. The molecule has 0 aromatic carbocycles. The molecule has 0 spiro atoms. The molecule has 5 nitrogen and oxygen atoms in total. The maximum atomic E-state index is 9.69. The van der Waals surface area contributed by atoms with Gasteiger partial charge in [0.25, 0.3) is 0 Å². The Morgan fingerprint density at radius 2 is 1.96 bits per heavy atom. The largest absolute Gasteiger partial charge is 0.396 e. The summed E-state index contributed by atoms with van der Waals surface area (Å²) in [6.45, 7) is 10.3. The number of piperidine rings is 1. The van der Waals surface area contributed by atoms with Crippen LogP contribution in [-0.4, -0.2) is 72.4 Å². The highest BCUT2D eigenvalue weighted by atomic mass is 16.5. The minimum atomic E-state index is 0.290. The van der Waals surface area contributed by atoms with E-state index < -0.39 is 0 Å². The van der Waals surface area contributed by atoms with E-state index in [-0.39, 0.29) is 6.61 Å². The topological polar surface area (TPSA) is 48.8 Å². The van der Waals surface area contributed by atoms with Crippen molar-refractivity contribution >= 4 is 0 Å². The zero-order valence-electron chi connectivity index (χ0n) is 14.9. The van der Waals surface area contributed by atoms with Gasteiger partial charge in [0.1, 0.15) is 0 Å². The summed E-state index contributed by atoms with van der Waals surface area (Å²) in [6.07, 6.45) is 4.16. The van der Waals surface area contributed by atoms with Crippen LogP contribution in [0.5, 0.6) is 0 Å². The first-order chi connectivity index (χ1) is 11.8. The Morgan fingerprint density at radius 1 is 1.17 bits per heavy atom. The fraction of sp³-hybridized carbons (Fsp3) is 0.737. The van der Waals surface area contributed by atoms with Crippen molar-refractivity contribution in [2.75, 3.05) is 52.5 Å². The van der Waals surface area contributed by atoms with E-state index in [1.165, 1.54) is 5.56 Å². The molecule has 0 bridgehead atoms. The van der Waals surface area contributed by atoms with Gasteiger partial charge < -0.3 is 9.84 Å². The third-order valence-electron chi connectivity index (χ3n) is 5.26. The fourth-order valence-electron chi connectivity index (χ4n) is 3.95. The summed E-state index contributed by atoms with van der Waals surface area (Å²) in [5.74, 6) is 1.02. The van der Waals surface area contributed by atoms with Crippen molar-refractivity contribution in [1.29, 1.82) is 0 Å². The maximum absolute atomic E-state index is 9.69. The zero-order valence-corrected chi connectivity index (χ0v) is 14.9. The molecule has 1 aromatic heterocycles. The molecule has 2 aliphatic rings. The Kier molecular flexibility index (Phi) is 6.60. The van der Waals surface area contributed by atoms with E-state index in [1.54, 1.807) is 0 Å². The van der Waals surface area contributed by atoms with Gasteiger partial charge in [-0.05, 0) is 36.3 Å². The summed E-state index contributed by atoms with van der Waals surface area (Å²) in [5, 5.41) is 9.69. The standard InChI is InChI=1S/C19H31N3O2/c1-2-16-3-4-19(20-10-16)14-22-12-17(9-18(13-22)15-23)11-21-5-7-24-8-6-21/h3-4,10,17-18,23H,2,5-9,11-15H2,1H3/t17-,18-/m0/s1. The quantitative estimate of drug-likeness (QED) is 0.853. The number of ether oxygens (including phenoxy) is 1. The van der Waals surface area contributed by atoms with E-state index in [0.717, 1.165) is 71.0 Å². The maximum Gasteiger partial charge on any atom is 0.0594 e. The van der Waals surface area contributed by atoms with Crippen molar-refractivity contribution in [2.45, 2.75) is 26.3 Å². The summed E-state index contributed by atoms with van der Waals surface area (Å²) >= 11 is 0. The normalized spacial score (nSPS) is 26.6. The lowest BCUT2D eigenvalue weighted by Crippen LogP contribution is -2.47. The molecule has 0 unspecified atom stereocenters. The van der Waals surface area contributed by atoms with Gasteiger partial charge in [-0.1, -0.05) is 13.0 Å². The molecular formula is C19H31N3O2.